The van der Waals surface area contributed by atoms with E-state index in [1.807, 2.05) is 0 Å². The fourth-order valence-corrected chi connectivity index (χ4v) is 6.13. The Morgan fingerprint density at radius 2 is 0.879 bits per heavy atom. The number of rotatable bonds is 11. The fourth-order valence-electron chi connectivity index (χ4n) is 6.13. The molecule has 0 saturated heterocycles. The predicted molar refractivity (Wildman–Crippen MR) is 210 cm³/mol. The minimum absolute atomic E-state index is 0.0178. The van der Waals surface area contributed by atoms with Gasteiger partial charge in [0.15, 0.2) is 57.5 Å². The van der Waals surface area contributed by atoms with E-state index in [4.69, 9.17) is 0 Å². The highest BCUT2D eigenvalue weighted by Crippen LogP contribution is 2.48. The van der Waals surface area contributed by atoms with E-state index >= 15 is 0 Å². The molecule has 0 atom stereocenters. The average Bonchev–Trinajstić information content (AvgIpc) is 3.53. The van der Waals surface area contributed by atoms with Gasteiger partial charge in [-0.05, 0) is 107 Å². The first-order valence-electron chi connectivity index (χ1n) is 17.2. The van der Waals surface area contributed by atoms with Gasteiger partial charge < -0.3 is 71.4 Å². The van der Waals surface area contributed by atoms with Crippen LogP contribution in [0.25, 0.3) is 34.4 Å². The molecule has 16 heteroatoms. The Hall–Kier alpha value is -8.40. The summed E-state index contributed by atoms with van der Waals surface area (Å²) >= 11 is 0. The van der Waals surface area contributed by atoms with E-state index in [-0.39, 0.29) is 63.9 Å². The highest BCUT2D eigenvalue weighted by Gasteiger charge is 2.33. The molecule has 16 nitrogen and oxygen atoms in total. The second kappa shape index (κ2) is 16.1. The third kappa shape index (κ3) is 8.15. The molecule has 0 bridgehead atoms. The van der Waals surface area contributed by atoms with Gasteiger partial charge in [-0.1, -0.05) is 24.3 Å². The molecule has 0 unspecified atom stereocenters. The number of phenols is 11. The van der Waals surface area contributed by atoms with Crippen LogP contribution in [0, 0.1) is 0 Å². The number of carbonyl (C=O) groups is 2. The molecule has 6 aromatic rings. The van der Waals surface area contributed by atoms with Crippen molar-refractivity contribution in [3.8, 4) is 85.5 Å². The Labute approximate surface area is 328 Å². The third-order valence-corrected chi connectivity index (χ3v) is 8.95. The number of aryl methyl sites for hydroxylation is 1. The monoisotopic (exact) mass is 789 g/mol. The molecule has 0 radical (unpaired) electrons. The summed E-state index contributed by atoms with van der Waals surface area (Å²) in [5, 5.41) is 118. The van der Waals surface area contributed by atoms with Gasteiger partial charge in [-0.15, -0.1) is 0 Å². The molecule has 5 aromatic carbocycles. The molecule has 0 aliphatic rings. The van der Waals surface area contributed by atoms with Crippen LogP contribution in [0.3, 0.4) is 0 Å². The molecule has 6 rings (SSSR count). The molecule has 58 heavy (non-hydrogen) atoms. The zero-order chi connectivity index (χ0) is 41.8. The molecule has 13 N–H and O–H groups in total. The average molecular weight is 790 g/mol. The predicted octanol–water partition coefficient (Wildman–Crippen LogP) is 5.63. The number of aromatic nitrogens is 1. The lowest BCUT2D eigenvalue weighted by Crippen LogP contribution is -2.27. The van der Waals surface area contributed by atoms with Gasteiger partial charge in [0.2, 0.25) is 0 Å². The number of nitrogens with one attached hydrogen (secondary N) is 2. The molecule has 0 spiro atoms. The topological polar surface area (TPSA) is 286 Å². The van der Waals surface area contributed by atoms with Gasteiger partial charge in [0.05, 0.1) is 0 Å². The Morgan fingerprint density at radius 3 is 1.26 bits per heavy atom. The summed E-state index contributed by atoms with van der Waals surface area (Å²) in [5.41, 5.74) is 0.152. The third-order valence-electron chi connectivity index (χ3n) is 8.95. The molecule has 0 aliphatic heterocycles. The van der Waals surface area contributed by atoms with Crippen LogP contribution >= 0.6 is 0 Å². The van der Waals surface area contributed by atoms with Crippen molar-refractivity contribution >= 4 is 24.0 Å². The maximum atomic E-state index is 14.5. The standard InChI is InChI=1S/C42H35N3O13/c46-26-5-1-21(2-6-26)11-14-45-37(41(57)43-12-9-22-3-7-27(47)29(49)15-22)35(24-17-31(51)39(55)32(52)18-24)36(25-19-33(53)40(56)34(54)20-25)38(45)42(58)44-13-10-23-4-8-28(48)30(50)16-23/h1-10,12-13,15-20,46-56H,11,14H2,(H,43,57)(H,44,58). The molecular formula is C42H35N3O13. The molecule has 2 amide bonds. The van der Waals surface area contributed by atoms with Crippen LogP contribution < -0.4 is 10.6 Å². The largest absolute Gasteiger partial charge is 0.508 e. The Morgan fingerprint density at radius 1 is 0.483 bits per heavy atom. The van der Waals surface area contributed by atoms with Gasteiger partial charge in [-0.25, -0.2) is 0 Å². The molecule has 0 saturated carbocycles. The summed E-state index contributed by atoms with van der Waals surface area (Å²) < 4.78 is 1.30. The van der Waals surface area contributed by atoms with Crippen molar-refractivity contribution in [2.24, 2.45) is 0 Å². The van der Waals surface area contributed by atoms with Crippen LogP contribution in [0.15, 0.2) is 97.3 Å². The second-order valence-electron chi connectivity index (χ2n) is 12.9. The number of hydrogen-bond donors (Lipinski definition) is 13. The summed E-state index contributed by atoms with van der Waals surface area (Å²) in [5.74, 6) is -8.49. The Kier molecular flexibility index (Phi) is 10.9. The molecule has 0 aliphatic carbocycles. The van der Waals surface area contributed by atoms with Crippen LogP contribution in [-0.4, -0.2) is 72.6 Å². The number of nitrogens with zero attached hydrogens (tertiary/aromatic N) is 1. The van der Waals surface area contributed by atoms with E-state index in [1.165, 1.54) is 77.6 Å². The van der Waals surface area contributed by atoms with E-state index in [0.29, 0.717) is 16.7 Å². The lowest BCUT2D eigenvalue weighted by atomic mass is 9.93. The first kappa shape index (κ1) is 39.3. The molecule has 1 aromatic heterocycles. The number of aromatic hydroxyl groups is 11. The van der Waals surface area contributed by atoms with E-state index in [2.05, 4.69) is 10.6 Å². The van der Waals surface area contributed by atoms with Crippen LogP contribution in [0.2, 0.25) is 0 Å². The quantitative estimate of drug-likeness (QED) is 0.0710. The number of phenolic OH excluding ortho intramolecular Hbond substituents is 11. The zero-order valence-electron chi connectivity index (χ0n) is 30.0. The summed E-state index contributed by atoms with van der Waals surface area (Å²) in [6.45, 7) is -0.152. The van der Waals surface area contributed by atoms with Gasteiger partial charge in [-0.2, -0.15) is 0 Å². The van der Waals surface area contributed by atoms with Crippen molar-refractivity contribution in [3.63, 3.8) is 0 Å². The van der Waals surface area contributed by atoms with Gasteiger partial charge in [0, 0.05) is 30.1 Å². The second-order valence-corrected chi connectivity index (χ2v) is 12.9. The minimum Gasteiger partial charge on any atom is -0.508 e. The first-order valence-corrected chi connectivity index (χ1v) is 17.2. The highest BCUT2D eigenvalue weighted by molar-refractivity contribution is 6.12. The molecule has 296 valence electrons. The van der Waals surface area contributed by atoms with E-state index in [0.717, 1.165) is 24.3 Å². The van der Waals surface area contributed by atoms with Crippen LogP contribution in [-0.2, 0) is 13.0 Å². The molecule has 0 fully saturated rings. The maximum Gasteiger partial charge on any atom is 0.272 e. The van der Waals surface area contributed by atoms with Crippen LogP contribution in [0.4, 0.5) is 0 Å². The highest BCUT2D eigenvalue weighted by atomic mass is 16.3. The van der Waals surface area contributed by atoms with Gasteiger partial charge >= 0.3 is 0 Å². The van der Waals surface area contributed by atoms with Crippen molar-refractivity contribution in [2.75, 3.05) is 0 Å². The van der Waals surface area contributed by atoms with E-state index < -0.39 is 57.8 Å². The maximum absolute atomic E-state index is 14.5. The van der Waals surface area contributed by atoms with Crippen LogP contribution in [0.5, 0.6) is 63.2 Å². The summed E-state index contributed by atoms with van der Waals surface area (Å²) in [4.78, 5) is 29.0. The van der Waals surface area contributed by atoms with Crippen molar-refractivity contribution in [3.05, 3.63) is 125 Å². The summed E-state index contributed by atoms with van der Waals surface area (Å²) in [6.07, 6.45) is 5.30. The first-order chi connectivity index (χ1) is 27.6. The minimum atomic E-state index is -0.897. The number of hydrogen-bond acceptors (Lipinski definition) is 13. The van der Waals surface area contributed by atoms with Gasteiger partial charge in [0.1, 0.15) is 17.1 Å². The number of carbonyl (C=O) groups excluding carboxylic acids is 2. The van der Waals surface area contributed by atoms with Crippen molar-refractivity contribution < 1.29 is 65.8 Å². The smallest absolute Gasteiger partial charge is 0.272 e. The normalized spacial score (nSPS) is 11.3. The fraction of sp³-hybridized carbons (Fsp3) is 0.0476. The molecule has 1 heterocycles. The lowest BCUT2D eigenvalue weighted by Gasteiger charge is -2.14. The number of amides is 2. The Balaban J connectivity index is 1.62. The van der Waals surface area contributed by atoms with Crippen molar-refractivity contribution in [1.82, 2.24) is 15.2 Å². The van der Waals surface area contributed by atoms with Crippen LogP contribution in [0.1, 0.15) is 37.7 Å². The summed E-state index contributed by atoms with van der Waals surface area (Å²) in [7, 11) is 0. The summed E-state index contributed by atoms with van der Waals surface area (Å²) in [6, 6.07) is 17.9. The molecular weight excluding hydrogens is 754 g/mol. The van der Waals surface area contributed by atoms with E-state index in [9.17, 15) is 65.8 Å². The zero-order valence-corrected chi connectivity index (χ0v) is 30.0. The number of benzene rings is 5. The van der Waals surface area contributed by atoms with E-state index in [1.54, 1.807) is 12.1 Å². The van der Waals surface area contributed by atoms with Gasteiger partial charge in [0.25, 0.3) is 11.8 Å². The van der Waals surface area contributed by atoms with Crippen molar-refractivity contribution in [2.45, 2.75) is 13.0 Å². The Bertz CT molecular complexity index is 2430. The lowest BCUT2D eigenvalue weighted by molar-refractivity contribution is 0.0955. The van der Waals surface area contributed by atoms with Crippen molar-refractivity contribution in [1.29, 1.82) is 0 Å². The van der Waals surface area contributed by atoms with Gasteiger partial charge in [-0.3, -0.25) is 9.59 Å². The SMILES string of the molecule is O=C(NC=Cc1ccc(O)c(O)c1)c1c(-c2cc(O)c(O)c(O)c2)c(-c2cc(O)c(O)c(O)c2)c(C(=O)NC=Cc2ccc(O)c(O)c2)n1CCc1ccc(O)cc1.